The molecule has 0 aliphatic carbocycles. The lowest BCUT2D eigenvalue weighted by atomic mass is 10.1. The van der Waals surface area contributed by atoms with E-state index in [1.165, 1.54) is 5.56 Å². The van der Waals surface area contributed by atoms with Gasteiger partial charge in [0.25, 0.3) is 5.91 Å². The molecule has 1 N–H and O–H groups in total. The van der Waals surface area contributed by atoms with Crippen LogP contribution in [-0.4, -0.2) is 39.3 Å². The number of halogens is 1. The summed E-state index contributed by atoms with van der Waals surface area (Å²) >= 11 is 9.13. The van der Waals surface area contributed by atoms with Gasteiger partial charge in [0.05, 0.1) is 13.0 Å². The third-order valence-electron chi connectivity index (χ3n) is 5.80. The molecule has 1 atom stereocenters. The molecule has 0 spiro atoms. The lowest BCUT2D eigenvalue weighted by Gasteiger charge is -2.24. The molecule has 5 nitrogen and oxygen atoms in total. The van der Waals surface area contributed by atoms with Crippen molar-refractivity contribution in [2.75, 3.05) is 11.9 Å². The summed E-state index contributed by atoms with van der Waals surface area (Å²) in [4.78, 5) is 29.8. The van der Waals surface area contributed by atoms with Crippen LogP contribution in [0.4, 0.5) is 5.69 Å². The van der Waals surface area contributed by atoms with E-state index in [0.29, 0.717) is 23.9 Å². The molecule has 1 aliphatic heterocycles. The summed E-state index contributed by atoms with van der Waals surface area (Å²) in [5.41, 5.74) is 2.94. The zero-order valence-electron chi connectivity index (χ0n) is 18.7. The normalized spacial score (nSPS) is 15.6. The number of amides is 2. The molecule has 3 aromatic rings. The van der Waals surface area contributed by atoms with Gasteiger partial charge in [-0.15, -0.1) is 0 Å². The zero-order chi connectivity index (χ0) is 23.9. The highest BCUT2D eigenvalue weighted by molar-refractivity contribution is 9.10. The maximum absolute atomic E-state index is 13.4. The second-order valence-electron chi connectivity index (χ2n) is 8.25. The average molecular weight is 536 g/mol. The Hall–Kier alpha value is -3.03. The van der Waals surface area contributed by atoms with E-state index in [9.17, 15) is 9.59 Å². The highest BCUT2D eigenvalue weighted by atomic mass is 79.9. The average Bonchev–Trinajstić information content (AvgIpc) is 3.06. The number of hydrogen-bond acceptors (Lipinski definition) is 3. The number of anilines is 1. The third-order valence-corrected chi connectivity index (χ3v) is 6.79. The molecular weight excluding hydrogens is 510 g/mol. The van der Waals surface area contributed by atoms with Crippen molar-refractivity contribution in [2.45, 2.75) is 31.8 Å². The fraction of sp³-hybridized carbons (Fsp3) is 0.222. The molecule has 1 unspecified atom stereocenters. The molecule has 1 aliphatic rings. The minimum atomic E-state index is -0.609. The summed E-state index contributed by atoms with van der Waals surface area (Å²) in [5, 5.41) is 3.39. The molecule has 0 bridgehead atoms. The highest BCUT2D eigenvalue weighted by Crippen LogP contribution is 2.24. The van der Waals surface area contributed by atoms with Crippen molar-refractivity contribution in [3.8, 4) is 0 Å². The van der Waals surface area contributed by atoms with E-state index in [-0.39, 0.29) is 18.2 Å². The summed E-state index contributed by atoms with van der Waals surface area (Å²) < 4.78 is 0.933. The predicted octanol–water partition coefficient (Wildman–Crippen LogP) is 5.41. The van der Waals surface area contributed by atoms with Gasteiger partial charge < -0.3 is 10.2 Å². The van der Waals surface area contributed by atoms with Crippen molar-refractivity contribution in [2.24, 2.45) is 0 Å². The van der Waals surface area contributed by atoms with E-state index in [2.05, 4.69) is 33.4 Å². The molecule has 1 heterocycles. The van der Waals surface area contributed by atoms with Gasteiger partial charge in [-0.3, -0.25) is 14.5 Å². The highest BCUT2D eigenvalue weighted by Gasteiger charge is 2.42. The van der Waals surface area contributed by atoms with Crippen LogP contribution >= 0.6 is 28.1 Å². The van der Waals surface area contributed by atoms with E-state index in [0.717, 1.165) is 22.9 Å². The Labute approximate surface area is 213 Å². The first-order valence-corrected chi connectivity index (χ1v) is 12.5. The number of nitrogens with one attached hydrogen (secondary N) is 1. The van der Waals surface area contributed by atoms with E-state index in [4.69, 9.17) is 12.2 Å². The van der Waals surface area contributed by atoms with Crippen molar-refractivity contribution in [3.05, 3.63) is 101 Å². The van der Waals surface area contributed by atoms with Crippen molar-refractivity contribution in [3.63, 3.8) is 0 Å². The Kier molecular flexibility index (Phi) is 8.08. The molecule has 1 saturated heterocycles. The van der Waals surface area contributed by atoms with Gasteiger partial charge in [-0.1, -0.05) is 76.6 Å². The van der Waals surface area contributed by atoms with Crippen LogP contribution in [0.3, 0.4) is 0 Å². The SMILES string of the molecule is O=C(CC1C(=O)N(Cc2ccccc2)C(=S)N1CCCc1ccccc1)Nc1ccc(Br)cc1. The van der Waals surface area contributed by atoms with Crippen LogP contribution in [-0.2, 0) is 22.6 Å². The van der Waals surface area contributed by atoms with Crippen LogP contribution in [0.5, 0.6) is 0 Å². The molecule has 1 fully saturated rings. The minimum Gasteiger partial charge on any atom is -0.336 e. The number of benzene rings is 3. The molecule has 0 aromatic heterocycles. The molecule has 0 radical (unpaired) electrons. The number of carbonyl (C=O) groups excluding carboxylic acids is 2. The van der Waals surface area contributed by atoms with Crippen LogP contribution in [0.2, 0.25) is 0 Å². The smallest absolute Gasteiger partial charge is 0.252 e. The monoisotopic (exact) mass is 535 g/mol. The van der Waals surface area contributed by atoms with E-state index < -0.39 is 6.04 Å². The molecule has 2 amide bonds. The van der Waals surface area contributed by atoms with E-state index in [1.54, 1.807) is 4.90 Å². The minimum absolute atomic E-state index is 0.0473. The van der Waals surface area contributed by atoms with Gasteiger partial charge in [0.1, 0.15) is 6.04 Å². The van der Waals surface area contributed by atoms with E-state index in [1.807, 2.05) is 77.7 Å². The lowest BCUT2D eigenvalue weighted by molar-refractivity contribution is -0.131. The van der Waals surface area contributed by atoms with Crippen molar-refractivity contribution >= 4 is 50.8 Å². The largest absolute Gasteiger partial charge is 0.336 e. The van der Waals surface area contributed by atoms with Crippen LogP contribution < -0.4 is 5.32 Å². The fourth-order valence-corrected chi connectivity index (χ4v) is 4.71. The van der Waals surface area contributed by atoms with Crippen molar-refractivity contribution in [1.82, 2.24) is 9.80 Å². The number of carbonyl (C=O) groups is 2. The second-order valence-corrected chi connectivity index (χ2v) is 9.53. The molecule has 0 saturated carbocycles. The van der Waals surface area contributed by atoms with Gasteiger partial charge >= 0.3 is 0 Å². The first kappa shape index (κ1) is 24.1. The molecule has 174 valence electrons. The molecule has 3 aromatic carbocycles. The fourth-order valence-electron chi connectivity index (χ4n) is 4.08. The lowest BCUT2D eigenvalue weighted by Crippen LogP contribution is -2.38. The van der Waals surface area contributed by atoms with Crippen LogP contribution in [0.15, 0.2) is 89.4 Å². The Morgan fingerprint density at radius 1 is 0.912 bits per heavy atom. The zero-order valence-corrected chi connectivity index (χ0v) is 21.1. The van der Waals surface area contributed by atoms with Crippen LogP contribution in [0.1, 0.15) is 24.0 Å². The quantitative estimate of drug-likeness (QED) is 0.372. The Morgan fingerprint density at radius 3 is 2.18 bits per heavy atom. The van der Waals surface area contributed by atoms with Gasteiger partial charge in [-0.05, 0) is 60.5 Å². The summed E-state index contributed by atoms with van der Waals surface area (Å²) in [7, 11) is 0. The Morgan fingerprint density at radius 2 is 1.53 bits per heavy atom. The summed E-state index contributed by atoms with van der Waals surface area (Å²) in [6.07, 6.45) is 1.76. The topological polar surface area (TPSA) is 52.7 Å². The van der Waals surface area contributed by atoms with E-state index >= 15 is 0 Å². The first-order valence-electron chi connectivity index (χ1n) is 11.3. The number of rotatable bonds is 9. The van der Waals surface area contributed by atoms with Gasteiger partial charge in [0, 0.05) is 16.7 Å². The van der Waals surface area contributed by atoms with Crippen LogP contribution in [0, 0.1) is 0 Å². The van der Waals surface area contributed by atoms with Gasteiger partial charge in [0.15, 0.2) is 5.11 Å². The summed E-state index contributed by atoms with van der Waals surface area (Å²) in [6.45, 7) is 1.01. The number of hydrogen-bond donors (Lipinski definition) is 1. The number of thiocarbonyl (C=S) groups is 1. The first-order chi connectivity index (χ1) is 16.5. The molecule has 7 heteroatoms. The third kappa shape index (κ3) is 6.10. The summed E-state index contributed by atoms with van der Waals surface area (Å²) in [5.74, 6) is -0.336. The molecule has 34 heavy (non-hydrogen) atoms. The molecule has 4 rings (SSSR count). The Balaban J connectivity index is 1.47. The Bertz CT molecular complexity index is 1140. The summed E-state index contributed by atoms with van der Waals surface area (Å²) in [6, 6.07) is 26.8. The van der Waals surface area contributed by atoms with Gasteiger partial charge in [-0.25, -0.2) is 0 Å². The van der Waals surface area contributed by atoms with Crippen molar-refractivity contribution in [1.29, 1.82) is 0 Å². The second kappa shape index (κ2) is 11.4. The standard InChI is InChI=1S/C27H26BrN3O2S/c28-22-13-15-23(16-14-22)29-25(32)18-24-26(33)31(19-21-10-5-2-6-11-21)27(34)30(24)17-7-12-20-8-3-1-4-9-20/h1-6,8-11,13-16,24H,7,12,17-19H2,(H,29,32). The molecular formula is C27H26BrN3O2S. The number of nitrogens with zero attached hydrogens (tertiary/aromatic N) is 2. The predicted molar refractivity (Wildman–Crippen MR) is 142 cm³/mol. The maximum Gasteiger partial charge on any atom is 0.252 e. The number of aryl methyl sites for hydroxylation is 1. The maximum atomic E-state index is 13.4. The van der Waals surface area contributed by atoms with Crippen LogP contribution in [0.25, 0.3) is 0 Å². The van der Waals surface area contributed by atoms with Gasteiger partial charge in [0.2, 0.25) is 5.91 Å². The van der Waals surface area contributed by atoms with Gasteiger partial charge in [-0.2, -0.15) is 0 Å². The van der Waals surface area contributed by atoms with Crippen molar-refractivity contribution < 1.29 is 9.59 Å².